The standard InChI is InChI=1S/C14H19NO2S/c1-14(2,13(16)17)15(3)8-10-9-18-12-7-5-4-6-11(10)12/h4-7,10H,8-9H2,1-3H3,(H,16,17). The maximum absolute atomic E-state index is 11.2. The van der Waals surface area contributed by atoms with E-state index in [-0.39, 0.29) is 0 Å². The fourth-order valence-corrected chi connectivity index (χ4v) is 3.34. The average molecular weight is 265 g/mol. The molecule has 0 radical (unpaired) electrons. The number of rotatable bonds is 4. The van der Waals surface area contributed by atoms with Crippen molar-refractivity contribution in [1.82, 2.24) is 4.90 Å². The van der Waals surface area contributed by atoms with Crippen molar-refractivity contribution in [3.63, 3.8) is 0 Å². The van der Waals surface area contributed by atoms with Crippen molar-refractivity contribution >= 4 is 17.7 Å². The zero-order chi connectivity index (χ0) is 13.3. The Hall–Kier alpha value is -1.00. The van der Waals surface area contributed by atoms with Gasteiger partial charge < -0.3 is 5.11 Å². The number of hydrogen-bond donors (Lipinski definition) is 1. The molecule has 1 N–H and O–H groups in total. The topological polar surface area (TPSA) is 40.5 Å². The maximum Gasteiger partial charge on any atom is 0.323 e. The summed E-state index contributed by atoms with van der Waals surface area (Å²) < 4.78 is 0. The highest BCUT2D eigenvalue weighted by Gasteiger charge is 2.34. The molecular weight excluding hydrogens is 246 g/mol. The van der Waals surface area contributed by atoms with Crippen LogP contribution >= 0.6 is 11.8 Å². The molecule has 98 valence electrons. The normalized spacial score (nSPS) is 19.0. The number of carbonyl (C=O) groups is 1. The average Bonchev–Trinajstić information content (AvgIpc) is 2.72. The molecule has 0 bridgehead atoms. The van der Waals surface area contributed by atoms with Gasteiger partial charge in [-0.15, -0.1) is 11.8 Å². The summed E-state index contributed by atoms with van der Waals surface area (Å²) in [4.78, 5) is 14.5. The van der Waals surface area contributed by atoms with Crippen LogP contribution in [0.5, 0.6) is 0 Å². The van der Waals surface area contributed by atoms with Gasteiger partial charge >= 0.3 is 5.97 Å². The third-order valence-electron chi connectivity index (χ3n) is 3.77. The monoisotopic (exact) mass is 265 g/mol. The van der Waals surface area contributed by atoms with Gasteiger partial charge in [0.1, 0.15) is 5.54 Å². The summed E-state index contributed by atoms with van der Waals surface area (Å²) >= 11 is 1.86. The van der Waals surface area contributed by atoms with Gasteiger partial charge in [0, 0.05) is 23.1 Å². The second-order valence-electron chi connectivity index (χ2n) is 5.29. The SMILES string of the molecule is CN(CC1CSc2ccccc21)C(C)(C)C(=O)O. The summed E-state index contributed by atoms with van der Waals surface area (Å²) in [5, 5.41) is 9.23. The van der Waals surface area contributed by atoms with Gasteiger partial charge in [-0.25, -0.2) is 0 Å². The lowest BCUT2D eigenvalue weighted by Gasteiger charge is -2.33. The van der Waals surface area contributed by atoms with Gasteiger partial charge in [0.25, 0.3) is 0 Å². The molecule has 0 saturated heterocycles. The lowest BCUT2D eigenvalue weighted by molar-refractivity contribution is -0.148. The van der Waals surface area contributed by atoms with Crippen molar-refractivity contribution in [2.75, 3.05) is 19.3 Å². The van der Waals surface area contributed by atoms with Crippen LogP contribution in [0, 0.1) is 0 Å². The molecule has 4 heteroatoms. The highest BCUT2D eigenvalue weighted by molar-refractivity contribution is 7.99. The van der Waals surface area contributed by atoms with Crippen LogP contribution in [0.1, 0.15) is 25.3 Å². The van der Waals surface area contributed by atoms with E-state index >= 15 is 0 Å². The predicted octanol–water partition coefficient (Wildman–Crippen LogP) is 2.67. The van der Waals surface area contributed by atoms with Crippen molar-refractivity contribution in [2.45, 2.75) is 30.2 Å². The Morgan fingerprint density at radius 2 is 2.17 bits per heavy atom. The smallest absolute Gasteiger partial charge is 0.323 e. The van der Waals surface area contributed by atoms with Gasteiger partial charge in [-0.1, -0.05) is 18.2 Å². The summed E-state index contributed by atoms with van der Waals surface area (Å²) in [5.41, 5.74) is 0.540. The second kappa shape index (κ2) is 4.94. The molecule has 1 atom stereocenters. The quantitative estimate of drug-likeness (QED) is 0.908. The molecule has 1 heterocycles. The number of carboxylic acid groups (broad SMARTS) is 1. The number of thioether (sulfide) groups is 1. The molecule has 0 amide bonds. The summed E-state index contributed by atoms with van der Waals surface area (Å²) in [6, 6.07) is 8.41. The Balaban J connectivity index is 2.11. The maximum atomic E-state index is 11.2. The largest absolute Gasteiger partial charge is 0.480 e. The zero-order valence-electron chi connectivity index (χ0n) is 11.0. The third kappa shape index (κ3) is 2.40. The highest BCUT2D eigenvalue weighted by atomic mass is 32.2. The third-order valence-corrected chi connectivity index (χ3v) is 5.02. The minimum atomic E-state index is -0.817. The molecule has 1 aliphatic heterocycles. The number of carboxylic acids is 1. The van der Waals surface area contributed by atoms with Crippen molar-refractivity contribution in [3.05, 3.63) is 29.8 Å². The van der Waals surface area contributed by atoms with Gasteiger partial charge in [-0.2, -0.15) is 0 Å². The zero-order valence-corrected chi connectivity index (χ0v) is 11.8. The molecule has 2 rings (SSSR count). The van der Waals surface area contributed by atoms with Crippen LogP contribution in [0.15, 0.2) is 29.2 Å². The fourth-order valence-electron chi connectivity index (χ4n) is 2.10. The molecule has 18 heavy (non-hydrogen) atoms. The Morgan fingerprint density at radius 1 is 1.50 bits per heavy atom. The van der Waals surface area contributed by atoms with E-state index in [4.69, 9.17) is 0 Å². The van der Waals surface area contributed by atoms with Crippen LogP contribution in [-0.2, 0) is 4.79 Å². The van der Waals surface area contributed by atoms with E-state index in [2.05, 4.69) is 24.3 Å². The summed E-state index contributed by atoms with van der Waals surface area (Å²) in [5.74, 6) is 0.693. The van der Waals surface area contributed by atoms with E-state index in [1.165, 1.54) is 10.5 Å². The first-order valence-corrected chi connectivity index (χ1v) is 7.08. The number of nitrogens with zero attached hydrogens (tertiary/aromatic N) is 1. The number of aliphatic carboxylic acids is 1. The Bertz CT molecular complexity index is 459. The van der Waals surface area contributed by atoms with E-state index < -0.39 is 11.5 Å². The van der Waals surface area contributed by atoms with Crippen LogP contribution in [-0.4, -0.2) is 40.9 Å². The van der Waals surface area contributed by atoms with Crippen molar-refractivity contribution in [2.24, 2.45) is 0 Å². The molecule has 1 aromatic carbocycles. The second-order valence-corrected chi connectivity index (χ2v) is 6.35. The Kier molecular flexibility index (Phi) is 3.69. The molecule has 1 aliphatic rings. The highest BCUT2D eigenvalue weighted by Crippen LogP contribution is 2.40. The molecule has 0 aliphatic carbocycles. The summed E-state index contributed by atoms with van der Waals surface area (Å²) in [6.07, 6.45) is 0. The minimum absolute atomic E-state index is 0.426. The molecule has 1 unspecified atom stereocenters. The van der Waals surface area contributed by atoms with Crippen LogP contribution in [0.4, 0.5) is 0 Å². The molecule has 0 spiro atoms. The van der Waals surface area contributed by atoms with E-state index in [0.29, 0.717) is 5.92 Å². The van der Waals surface area contributed by atoms with Crippen molar-refractivity contribution in [3.8, 4) is 0 Å². The van der Waals surface area contributed by atoms with E-state index in [1.54, 1.807) is 13.8 Å². The number of fused-ring (bicyclic) bond motifs is 1. The lowest BCUT2D eigenvalue weighted by Crippen LogP contribution is -2.49. The Morgan fingerprint density at radius 3 is 2.83 bits per heavy atom. The number of benzene rings is 1. The van der Waals surface area contributed by atoms with Crippen molar-refractivity contribution in [1.29, 1.82) is 0 Å². The first kappa shape index (κ1) is 13.4. The van der Waals surface area contributed by atoms with Crippen LogP contribution in [0.2, 0.25) is 0 Å². The summed E-state index contributed by atoms with van der Waals surface area (Å²) in [7, 11) is 1.89. The van der Waals surface area contributed by atoms with Crippen LogP contribution in [0.3, 0.4) is 0 Å². The first-order chi connectivity index (χ1) is 8.43. The summed E-state index contributed by atoms with van der Waals surface area (Å²) in [6.45, 7) is 4.29. The molecular formula is C14H19NO2S. The molecule has 0 saturated carbocycles. The molecule has 0 aromatic heterocycles. The first-order valence-electron chi connectivity index (χ1n) is 6.09. The number of hydrogen-bond acceptors (Lipinski definition) is 3. The van der Waals surface area contributed by atoms with Crippen LogP contribution < -0.4 is 0 Å². The van der Waals surface area contributed by atoms with E-state index in [0.717, 1.165) is 12.3 Å². The van der Waals surface area contributed by atoms with Gasteiger partial charge in [0.15, 0.2) is 0 Å². The van der Waals surface area contributed by atoms with Crippen LogP contribution in [0.25, 0.3) is 0 Å². The van der Waals surface area contributed by atoms with Crippen molar-refractivity contribution < 1.29 is 9.90 Å². The minimum Gasteiger partial charge on any atom is -0.480 e. The Labute approximate surface area is 112 Å². The molecule has 0 fully saturated rings. The van der Waals surface area contributed by atoms with Gasteiger partial charge in [0.05, 0.1) is 0 Å². The van der Waals surface area contributed by atoms with Gasteiger partial charge in [-0.05, 0) is 32.5 Å². The van der Waals surface area contributed by atoms with Gasteiger partial charge in [-0.3, -0.25) is 9.69 Å². The molecule has 3 nitrogen and oxygen atoms in total. The van der Waals surface area contributed by atoms with Gasteiger partial charge in [0.2, 0.25) is 0 Å². The predicted molar refractivity (Wildman–Crippen MR) is 74.3 cm³/mol. The fraction of sp³-hybridized carbons (Fsp3) is 0.500. The van der Waals surface area contributed by atoms with E-state index in [1.807, 2.05) is 23.7 Å². The lowest BCUT2D eigenvalue weighted by atomic mass is 9.97. The molecule has 1 aromatic rings. The number of likely N-dealkylation sites (N-methyl/N-ethyl adjacent to an activating group) is 1. The van der Waals surface area contributed by atoms with E-state index in [9.17, 15) is 9.90 Å².